The Morgan fingerprint density at radius 2 is 1.97 bits per heavy atom. The summed E-state index contributed by atoms with van der Waals surface area (Å²) in [6, 6.07) is 8.20. The average Bonchev–Trinajstić information content (AvgIpc) is 3.35. The number of nitro groups is 1. The monoisotopic (exact) mass is 622 g/mol. The summed E-state index contributed by atoms with van der Waals surface area (Å²) in [6.07, 6.45) is 4.50. The minimum absolute atomic E-state index is 0.0876. The number of anilines is 1. The van der Waals surface area contributed by atoms with Gasteiger partial charge in [0.1, 0.15) is 12.0 Å². The van der Waals surface area contributed by atoms with E-state index in [0.717, 1.165) is 69.7 Å². The molecule has 2 aliphatic rings. The average molecular weight is 624 g/mol. The summed E-state index contributed by atoms with van der Waals surface area (Å²) in [5.74, 6) is 1.26. The summed E-state index contributed by atoms with van der Waals surface area (Å²) >= 11 is 16.0. The van der Waals surface area contributed by atoms with Crippen LogP contribution in [0.1, 0.15) is 31.7 Å². The van der Waals surface area contributed by atoms with Gasteiger partial charge in [-0.15, -0.1) is 0 Å². The minimum Gasteiger partial charge on any atom is -0.353 e. The SMILES string of the molecule is CC[C@H]1CN(c2ncc([N+](=O)[O-])cc2Cl)CCN1C1CCN(Cc2ccc(Cl)cc2-c2n[nH]c(Br)n2)CC1. The first-order valence-electron chi connectivity index (χ1n) is 12.7. The van der Waals surface area contributed by atoms with Crippen LogP contribution in [0.3, 0.4) is 0 Å². The first-order chi connectivity index (χ1) is 18.3. The van der Waals surface area contributed by atoms with Crippen LogP contribution in [0.25, 0.3) is 11.4 Å². The normalized spacial score (nSPS) is 19.7. The van der Waals surface area contributed by atoms with Gasteiger partial charge < -0.3 is 4.90 Å². The molecular formula is C25H29BrCl2N8O2. The van der Waals surface area contributed by atoms with E-state index >= 15 is 0 Å². The van der Waals surface area contributed by atoms with Crippen molar-refractivity contribution in [1.29, 1.82) is 0 Å². The van der Waals surface area contributed by atoms with Gasteiger partial charge in [0, 0.05) is 54.9 Å². The molecule has 202 valence electrons. The zero-order chi connectivity index (χ0) is 26.8. The lowest BCUT2D eigenvalue weighted by Crippen LogP contribution is -2.58. The third-order valence-corrected chi connectivity index (χ3v) is 8.38. The van der Waals surface area contributed by atoms with Crippen LogP contribution in [0.15, 0.2) is 35.2 Å². The lowest BCUT2D eigenvalue weighted by Gasteiger charge is -2.47. The Morgan fingerprint density at radius 3 is 2.63 bits per heavy atom. The molecule has 2 fully saturated rings. The predicted molar refractivity (Wildman–Crippen MR) is 152 cm³/mol. The van der Waals surface area contributed by atoms with Gasteiger partial charge in [0.2, 0.25) is 0 Å². The minimum atomic E-state index is -0.470. The predicted octanol–water partition coefficient (Wildman–Crippen LogP) is 5.41. The van der Waals surface area contributed by atoms with E-state index in [2.05, 4.69) is 63.8 Å². The largest absolute Gasteiger partial charge is 0.353 e. The van der Waals surface area contributed by atoms with Gasteiger partial charge in [-0.1, -0.05) is 36.2 Å². The van der Waals surface area contributed by atoms with Gasteiger partial charge in [-0.3, -0.25) is 25.0 Å². The van der Waals surface area contributed by atoms with Crippen LogP contribution in [0.4, 0.5) is 11.5 Å². The van der Waals surface area contributed by atoms with Gasteiger partial charge in [-0.05, 0) is 66.0 Å². The molecule has 0 aliphatic carbocycles. The number of hydrogen-bond donors (Lipinski definition) is 1. The number of rotatable bonds is 7. The molecule has 0 spiro atoms. The number of benzene rings is 1. The van der Waals surface area contributed by atoms with Crippen molar-refractivity contribution in [1.82, 2.24) is 30.0 Å². The molecule has 13 heteroatoms. The summed E-state index contributed by atoms with van der Waals surface area (Å²) in [4.78, 5) is 26.6. The van der Waals surface area contributed by atoms with Crippen molar-refractivity contribution in [3.63, 3.8) is 0 Å². The second kappa shape index (κ2) is 11.8. The number of piperazine rings is 1. The van der Waals surface area contributed by atoms with E-state index in [1.165, 1.54) is 12.3 Å². The maximum atomic E-state index is 11.0. The third-order valence-electron chi connectivity index (χ3n) is 7.51. The Morgan fingerprint density at radius 1 is 1.18 bits per heavy atom. The van der Waals surface area contributed by atoms with Crippen LogP contribution in [-0.4, -0.2) is 79.7 Å². The molecule has 5 rings (SSSR count). The van der Waals surface area contributed by atoms with Crippen molar-refractivity contribution in [2.24, 2.45) is 0 Å². The second-order valence-corrected chi connectivity index (χ2v) is 11.4. The van der Waals surface area contributed by atoms with E-state index in [0.29, 0.717) is 38.5 Å². The molecule has 1 atom stereocenters. The van der Waals surface area contributed by atoms with Gasteiger partial charge >= 0.3 is 0 Å². The van der Waals surface area contributed by atoms with E-state index in [1.54, 1.807) is 0 Å². The highest BCUT2D eigenvalue weighted by atomic mass is 79.9. The van der Waals surface area contributed by atoms with Gasteiger partial charge in [0.05, 0.1) is 9.95 Å². The van der Waals surface area contributed by atoms with Crippen LogP contribution >= 0.6 is 39.1 Å². The highest BCUT2D eigenvalue weighted by Gasteiger charge is 2.34. The van der Waals surface area contributed by atoms with Crippen molar-refractivity contribution in [2.75, 3.05) is 37.6 Å². The summed E-state index contributed by atoms with van der Waals surface area (Å²) in [6.45, 7) is 7.57. The number of likely N-dealkylation sites (tertiary alicyclic amines) is 1. The summed E-state index contributed by atoms with van der Waals surface area (Å²) < 4.78 is 0.594. The molecular weight excluding hydrogens is 595 g/mol. The quantitative estimate of drug-likeness (QED) is 0.275. The van der Waals surface area contributed by atoms with Gasteiger partial charge in [-0.25, -0.2) is 9.97 Å². The van der Waals surface area contributed by atoms with E-state index in [1.807, 2.05) is 12.1 Å². The van der Waals surface area contributed by atoms with Crippen molar-refractivity contribution in [3.05, 3.63) is 60.9 Å². The number of nitrogens with zero attached hydrogens (tertiary/aromatic N) is 7. The van der Waals surface area contributed by atoms with Crippen molar-refractivity contribution in [2.45, 2.75) is 44.8 Å². The standard InChI is InChI=1S/C25H29BrCl2N8O2/c1-2-18-15-34(24-22(28)12-20(13-29-24)36(37)38)9-10-35(18)19-5-7-33(8-6-19)14-16-3-4-17(27)11-21(16)23-30-25(26)32-31-23/h3-4,11-13,18-19H,2,5-10,14-15H2,1H3,(H,30,31,32)/t18-/m0/s1. The van der Waals surface area contributed by atoms with Crippen molar-refractivity contribution in [3.8, 4) is 11.4 Å². The second-order valence-electron chi connectivity index (χ2n) is 9.76. The molecule has 1 N–H and O–H groups in total. The van der Waals surface area contributed by atoms with E-state index in [-0.39, 0.29) is 5.69 Å². The molecule has 10 nitrogen and oxygen atoms in total. The molecule has 1 aromatic carbocycles. The van der Waals surface area contributed by atoms with Crippen LogP contribution < -0.4 is 4.90 Å². The molecule has 2 aliphatic heterocycles. The Kier molecular flexibility index (Phi) is 8.49. The first-order valence-corrected chi connectivity index (χ1v) is 14.3. The number of pyridine rings is 1. The molecule has 3 aromatic rings. The number of aromatic nitrogens is 4. The summed E-state index contributed by atoms with van der Waals surface area (Å²) in [5.41, 5.74) is 2.02. The van der Waals surface area contributed by atoms with Crippen LogP contribution in [-0.2, 0) is 6.54 Å². The van der Waals surface area contributed by atoms with Crippen molar-refractivity contribution < 1.29 is 4.92 Å². The topological polar surface area (TPSA) is 107 Å². The van der Waals surface area contributed by atoms with Crippen LogP contribution in [0, 0.1) is 10.1 Å². The smallest absolute Gasteiger partial charge is 0.289 e. The maximum absolute atomic E-state index is 11.0. The number of H-pyrrole nitrogens is 1. The molecule has 2 aromatic heterocycles. The molecule has 0 radical (unpaired) electrons. The third kappa shape index (κ3) is 5.96. The number of nitrogens with one attached hydrogen (secondary N) is 1. The maximum Gasteiger partial charge on any atom is 0.289 e. The molecule has 0 amide bonds. The fourth-order valence-electron chi connectivity index (χ4n) is 5.57. The zero-order valence-corrected chi connectivity index (χ0v) is 24.1. The van der Waals surface area contributed by atoms with Gasteiger partial charge in [0.15, 0.2) is 10.6 Å². The molecule has 4 heterocycles. The van der Waals surface area contributed by atoms with E-state index in [9.17, 15) is 10.1 Å². The summed E-state index contributed by atoms with van der Waals surface area (Å²) in [5, 5.41) is 19.2. The summed E-state index contributed by atoms with van der Waals surface area (Å²) in [7, 11) is 0. The number of halogens is 3. The highest BCUT2D eigenvalue weighted by Crippen LogP contribution is 2.32. The van der Waals surface area contributed by atoms with Gasteiger partial charge in [-0.2, -0.15) is 5.10 Å². The van der Waals surface area contributed by atoms with E-state index < -0.39 is 4.92 Å². The highest BCUT2D eigenvalue weighted by molar-refractivity contribution is 9.10. The molecule has 2 saturated heterocycles. The van der Waals surface area contributed by atoms with E-state index in [4.69, 9.17) is 23.2 Å². The molecule has 0 saturated carbocycles. The number of aromatic amines is 1. The fraction of sp³-hybridized carbons (Fsp3) is 0.480. The molecule has 38 heavy (non-hydrogen) atoms. The number of piperidine rings is 1. The Bertz CT molecular complexity index is 1300. The number of hydrogen-bond acceptors (Lipinski definition) is 8. The molecule has 0 unspecified atom stereocenters. The lowest BCUT2D eigenvalue weighted by atomic mass is 9.97. The molecule has 0 bridgehead atoms. The van der Waals surface area contributed by atoms with Crippen LogP contribution in [0.2, 0.25) is 10.0 Å². The Hall–Kier alpha value is -2.31. The zero-order valence-electron chi connectivity index (χ0n) is 21.0. The Labute approximate surface area is 239 Å². The first kappa shape index (κ1) is 27.3. The van der Waals surface area contributed by atoms with Crippen LogP contribution in [0.5, 0.6) is 0 Å². The van der Waals surface area contributed by atoms with Crippen molar-refractivity contribution >= 4 is 50.6 Å². The van der Waals surface area contributed by atoms with Gasteiger partial charge in [0.25, 0.3) is 5.69 Å². The fourth-order valence-corrected chi connectivity index (χ4v) is 6.28. The Balaban J connectivity index is 1.20. The lowest BCUT2D eigenvalue weighted by molar-refractivity contribution is -0.385.